The zero-order valence-corrected chi connectivity index (χ0v) is 15.2. The minimum absolute atomic E-state index is 0.0885. The minimum Gasteiger partial charge on any atom is -0.369 e. The van der Waals surface area contributed by atoms with Crippen LogP contribution in [0.5, 0.6) is 0 Å². The van der Waals surface area contributed by atoms with E-state index in [1.807, 2.05) is 29.8 Å². The molecule has 1 aliphatic rings. The number of benzene rings is 1. The Kier molecular flexibility index (Phi) is 5.22. The molecule has 1 saturated heterocycles. The zero-order chi connectivity index (χ0) is 19.6. The summed E-state index contributed by atoms with van der Waals surface area (Å²) >= 11 is 0. The summed E-state index contributed by atoms with van der Waals surface area (Å²) in [5, 5.41) is 8.96. The highest BCUT2D eigenvalue weighted by Gasteiger charge is 2.35. The number of alkyl halides is 3. The number of nitrogens with zero attached hydrogens (tertiary/aromatic N) is 5. The third-order valence-corrected chi connectivity index (χ3v) is 4.84. The summed E-state index contributed by atoms with van der Waals surface area (Å²) in [5.74, 6) is 0.609. The predicted octanol–water partition coefficient (Wildman–Crippen LogP) is 3.78. The number of hydrogen-bond acceptors (Lipinski definition) is 5. The third kappa shape index (κ3) is 4.13. The number of piperidine rings is 1. The van der Waals surface area contributed by atoms with Crippen LogP contribution in [-0.4, -0.2) is 36.1 Å². The van der Waals surface area contributed by atoms with Gasteiger partial charge in [-0.3, -0.25) is 0 Å². The van der Waals surface area contributed by atoms with Gasteiger partial charge in [0.1, 0.15) is 0 Å². The molecule has 1 aliphatic heterocycles. The Labute approximate surface area is 156 Å². The topological polar surface area (TPSA) is 56.1 Å². The SMILES string of the molecule is Cc1ccnc(N(C)C2CCCN(c3ccc(C#N)c(C(F)(F)F)c3)C2)n1. The van der Waals surface area contributed by atoms with Gasteiger partial charge >= 0.3 is 6.18 Å². The molecule has 1 fully saturated rings. The smallest absolute Gasteiger partial charge is 0.369 e. The Morgan fingerprint density at radius 3 is 2.74 bits per heavy atom. The van der Waals surface area contributed by atoms with Crippen LogP contribution in [0.4, 0.5) is 24.8 Å². The predicted molar refractivity (Wildman–Crippen MR) is 96.6 cm³/mol. The maximum Gasteiger partial charge on any atom is 0.417 e. The van der Waals surface area contributed by atoms with Crippen molar-refractivity contribution in [3.05, 3.63) is 47.3 Å². The van der Waals surface area contributed by atoms with Gasteiger partial charge in [-0.2, -0.15) is 18.4 Å². The molecule has 0 radical (unpaired) electrons. The molecular weight excluding hydrogens is 355 g/mol. The van der Waals surface area contributed by atoms with E-state index in [1.165, 1.54) is 6.07 Å². The van der Waals surface area contributed by atoms with Crippen LogP contribution in [0.3, 0.4) is 0 Å². The highest BCUT2D eigenvalue weighted by molar-refractivity contribution is 5.55. The maximum atomic E-state index is 13.3. The Bertz CT molecular complexity index is 859. The van der Waals surface area contributed by atoms with Gasteiger partial charge in [0.15, 0.2) is 0 Å². The van der Waals surface area contributed by atoms with Gasteiger partial charge in [-0.15, -0.1) is 0 Å². The summed E-state index contributed by atoms with van der Waals surface area (Å²) in [4.78, 5) is 12.6. The Balaban J connectivity index is 1.83. The van der Waals surface area contributed by atoms with Crippen molar-refractivity contribution in [1.82, 2.24) is 9.97 Å². The number of hydrogen-bond donors (Lipinski definition) is 0. The van der Waals surface area contributed by atoms with E-state index in [0.29, 0.717) is 24.7 Å². The number of halogens is 3. The molecule has 0 saturated carbocycles. The van der Waals surface area contributed by atoms with Crippen molar-refractivity contribution in [3.63, 3.8) is 0 Å². The number of anilines is 2. The monoisotopic (exact) mass is 375 g/mol. The molecule has 1 unspecified atom stereocenters. The van der Waals surface area contributed by atoms with Gasteiger partial charge in [0, 0.05) is 43.8 Å². The first-order valence-electron chi connectivity index (χ1n) is 8.68. The van der Waals surface area contributed by atoms with Gasteiger partial charge in [-0.25, -0.2) is 9.97 Å². The molecule has 1 aromatic carbocycles. The molecule has 8 heteroatoms. The molecule has 2 aromatic rings. The molecule has 0 bridgehead atoms. The molecule has 1 aromatic heterocycles. The van der Waals surface area contributed by atoms with E-state index in [0.717, 1.165) is 24.6 Å². The lowest BCUT2D eigenvalue weighted by Gasteiger charge is -2.39. The normalized spacial score (nSPS) is 17.5. The van der Waals surface area contributed by atoms with Crippen LogP contribution < -0.4 is 9.80 Å². The second-order valence-electron chi connectivity index (χ2n) is 6.69. The molecule has 0 amide bonds. The fraction of sp³-hybridized carbons (Fsp3) is 0.421. The van der Waals surface area contributed by atoms with Crippen LogP contribution in [0.2, 0.25) is 0 Å². The minimum atomic E-state index is -4.55. The highest BCUT2D eigenvalue weighted by Crippen LogP contribution is 2.35. The van der Waals surface area contributed by atoms with Crippen molar-refractivity contribution in [2.24, 2.45) is 0 Å². The lowest BCUT2D eigenvalue weighted by atomic mass is 10.0. The quantitative estimate of drug-likeness (QED) is 0.817. The standard InChI is InChI=1S/C19H20F3N5/c1-13-7-8-24-18(25-13)26(2)16-4-3-9-27(12-16)15-6-5-14(11-23)17(10-15)19(20,21)22/h5-8,10,16H,3-4,9,12H2,1-2H3. The second kappa shape index (κ2) is 7.43. The molecule has 142 valence electrons. The van der Waals surface area contributed by atoms with Crippen LogP contribution >= 0.6 is 0 Å². The summed E-state index contributed by atoms with van der Waals surface area (Å²) < 4.78 is 39.8. The van der Waals surface area contributed by atoms with Crippen molar-refractivity contribution in [3.8, 4) is 6.07 Å². The summed E-state index contributed by atoms with van der Waals surface area (Å²) in [6.07, 6.45) is -1.09. The molecule has 27 heavy (non-hydrogen) atoms. The second-order valence-corrected chi connectivity index (χ2v) is 6.69. The van der Waals surface area contributed by atoms with Crippen LogP contribution in [-0.2, 0) is 6.18 Å². The van der Waals surface area contributed by atoms with Gasteiger partial charge in [-0.05, 0) is 44.0 Å². The lowest BCUT2D eigenvalue weighted by molar-refractivity contribution is -0.137. The maximum absolute atomic E-state index is 13.3. The van der Waals surface area contributed by atoms with E-state index in [1.54, 1.807) is 18.3 Å². The largest absolute Gasteiger partial charge is 0.417 e. The fourth-order valence-electron chi connectivity index (χ4n) is 3.34. The van der Waals surface area contributed by atoms with Crippen molar-refractivity contribution in [2.45, 2.75) is 32.0 Å². The highest BCUT2D eigenvalue weighted by atomic mass is 19.4. The Morgan fingerprint density at radius 1 is 1.30 bits per heavy atom. The van der Waals surface area contributed by atoms with Crippen molar-refractivity contribution >= 4 is 11.6 Å². The number of aromatic nitrogens is 2. The molecule has 5 nitrogen and oxygen atoms in total. The van der Waals surface area contributed by atoms with Gasteiger partial charge < -0.3 is 9.80 Å². The molecule has 3 rings (SSSR count). The molecular formula is C19H20F3N5. The third-order valence-electron chi connectivity index (χ3n) is 4.84. The average molecular weight is 375 g/mol. The van der Waals surface area contributed by atoms with Crippen molar-refractivity contribution in [2.75, 3.05) is 29.9 Å². The Morgan fingerprint density at radius 2 is 2.07 bits per heavy atom. The first kappa shape index (κ1) is 19.0. The van der Waals surface area contributed by atoms with Crippen LogP contribution in [0.1, 0.15) is 29.7 Å². The molecule has 0 aliphatic carbocycles. The van der Waals surface area contributed by atoms with Gasteiger partial charge in [0.2, 0.25) is 5.95 Å². The van der Waals surface area contributed by atoms with E-state index >= 15 is 0 Å². The average Bonchev–Trinajstić information content (AvgIpc) is 2.66. The van der Waals surface area contributed by atoms with Gasteiger partial charge in [0.05, 0.1) is 17.2 Å². The Hall–Kier alpha value is -2.82. The summed E-state index contributed by atoms with van der Waals surface area (Å²) in [5.41, 5.74) is 0.0936. The summed E-state index contributed by atoms with van der Waals surface area (Å²) in [6.45, 7) is 3.13. The van der Waals surface area contributed by atoms with Crippen LogP contribution in [0.25, 0.3) is 0 Å². The molecule has 1 atom stereocenters. The number of rotatable bonds is 3. The summed E-state index contributed by atoms with van der Waals surface area (Å²) in [6, 6.07) is 7.43. The summed E-state index contributed by atoms with van der Waals surface area (Å²) in [7, 11) is 1.91. The number of nitriles is 1. The van der Waals surface area contributed by atoms with E-state index in [2.05, 4.69) is 9.97 Å². The van der Waals surface area contributed by atoms with Crippen LogP contribution in [0.15, 0.2) is 30.5 Å². The van der Waals surface area contributed by atoms with Gasteiger partial charge in [0.25, 0.3) is 0 Å². The molecule has 0 N–H and O–H groups in total. The first-order chi connectivity index (χ1) is 12.8. The van der Waals surface area contributed by atoms with Crippen molar-refractivity contribution in [1.29, 1.82) is 5.26 Å². The number of likely N-dealkylation sites (N-methyl/N-ethyl adjacent to an activating group) is 1. The van der Waals surface area contributed by atoms with Crippen molar-refractivity contribution < 1.29 is 13.2 Å². The lowest BCUT2D eigenvalue weighted by Crippen LogP contribution is -2.47. The van der Waals surface area contributed by atoms with Gasteiger partial charge in [-0.1, -0.05) is 0 Å². The zero-order valence-electron chi connectivity index (χ0n) is 15.2. The molecule has 2 heterocycles. The number of aryl methyl sites for hydroxylation is 1. The van der Waals surface area contributed by atoms with Crippen LogP contribution in [0, 0.1) is 18.3 Å². The van der Waals surface area contributed by atoms with E-state index in [4.69, 9.17) is 5.26 Å². The molecule has 0 spiro atoms. The van der Waals surface area contributed by atoms with E-state index in [-0.39, 0.29) is 11.6 Å². The van der Waals surface area contributed by atoms with E-state index < -0.39 is 11.7 Å². The fourth-order valence-corrected chi connectivity index (χ4v) is 3.34. The van der Waals surface area contributed by atoms with E-state index in [9.17, 15) is 13.2 Å². The first-order valence-corrected chi connectivity index (χ1v) is 8.68.